The summed E-state index contributed by atoms with van der Waals surface area (Å²) in [6.45, 7) is 12.3. The smallest absolute Gasteiger partial charge is 0.0626 e. The second-order valence-corrected chi connectivity index (χ2v) is 17.4. The summed E-state index contributed by atoms with van der Waals surface area (Å²) in [4.78, 5) is 0. The molecule has 0 unspecified atom stereocenters. The molecule has 0 fully saturated rings. The highest BCUT2D eigenvalue weighted by Crippen LogP contribution is 2.44. The van der Waals surface area contributed by atoms with E-state index < -0.39 is 16.1 Å². The Labute approximate surface area is 165 Å². The predicted octanol–water partition coefficient (Wildman–Crippen LogP) is 5.53. The van der Waals surface area contributed by atoms with Gasteiger partial charge < -0.3 is 0 Å². The standard InChI is InChI=1S/C25H28Si2/c1-19-15-17-20(18-16-19)24-25(26(2,3)21-11-7-6-8-12-21)22-13-9-10-14-23(22)27(24,4)5/h6-18H,1-5H3. The lowest BCUT2D eigenvalue weighted by Crippen LogP contribution is -2.43. The zero-order valence-electron chi connectivity index (χ0n) is 17.0. The molecule has 1 aliphatic rings. The summed E-state index contributed by atoms with van der Waals surface area (Å²) in [5, 5.41) is 6.44. The fourth-order valence-corrected chi connectivity index (χ4v) is 13.0. The Morgan fingerprint density at radius 3 is 1.96 bits per heavy atom. The maximum Gasteiger partial charge on any atom is 0.113 e. The maximum absolute atomic E-state index is 2.53. The van der Waals surface area contributed by atoms with Crippen LogP contribution in [0.4, 0.5) is 0 Å². The minimum atomic E-state index is -1.83. The number of fused-ring (bicyclic) bond motifs is 1. The molecule has 3 aromatic rings. The first-order chi connectivity index (χ1) is 12.8. The van der Waals surface area contributed by atoms with E-state index in [1.165, 1.54) is 21.9 Å². The van der Waals surface area contributed by atoms with E-state index in [-0.39, 0.29) is 0 Å². The van der Waals surface area contributed by atoms with Gasteiger partial charge in [-0.3, -0.25) is 0 Å². The molecule has 27 heavy (non-hydrogen) atoms. The van der Waals surface area contributed by atoms with Crippen LogP contribution in [0.25, 0.3) is 10.4 Å². The van der Waals surface area contributed by atoms with E-state index in [2.05, 4.69) is 112 Å². The second-order valence-electron chi connectivity index (χ2n) is 8.78. The van der Waals surface area contributed by atoms with Crippen molar-refractivity contribution in [1.82, 2.24) is 0 Å². The molecule has 0 aromatic heterocycles. The molecule has 0 amide bonds. The Balaban J connectivity index is 2.05. The third-order valence-corrected chi connectivity index (χ3v) is 13.6. The minimum Gasteiger partial charge on any atom is -0.0626 e. The van der Waals surface area contributed by atoms with Gasteiger partial charge in [0.2, 0.25) is 0 Å². The minimum absolute atomic E-state index is 1.33. The summed E-state index contributed by atoms with van der Waals surface area (Å²) in [6, 6.07) is 29.6. The zero-order valence-corrected chi connectivity index (χ0v) is 19.0. The van der Waals surface area contributed by atoms with Crippen LogP contribution in [-0.2, 0) is 0 Å². The van der Waals surface area contributed by atoms with Gasteiger partial charge >= 0.3 is 0 Å². The molecule has 0 saturated carbocycles. The number of hydrogen-bond acceptors (Lipinski definition) is 0. The summed E-state index contributed by atoms with van der Waals surface area (Å²) in [5.41, 5.74) is 4.28. The van der Waals surface area contributed by atoms with Crippen molar-refractivity contribution in [3.05, 3.63) is 95.6 Å². The average molecular weight is 385 g/mol. The monoisotopic (exact) mass is 384 g/mol. The fraction of sp³-hybridized carbons (Fsp3) is 0.200. The lowest BCUT2D eigenvalue weighted by molar-refractivity contribution is 1.46. The molecule has 0 atom stereocenters. The molecule has 0 aliphatic carbocycles. The van der Waals surface area contributed by atoms with Crippen LogP contribution in [0.1, 0.15) is 16.7 Å². The van der Waals surface area contributed by atoms with E-state index in [9.17, 15) is 0 Å². The van der Waals surface area contributed by atoms with E-state index in [1.54, 1.807) is 15.6 Å². The van der Waals surface area contributed by atoms with Gasteiger partial charge in [-0.05, 0) is 33.6 Å². The van der Waals surface area contributed by atoms with Crippen molar-refractivity contribution in [3.63, 3.8) is 0 Å². The highest BCUT2D eigenvalue weighted by Gasteiger charge is 2.45. The largest absolute Gasteiger partial charge is 0.113 e. The average Bonchev–Trinajstić information content (AvgIpc) is 2.91. The summed E-state index contributed by atoms with van der Waals surface area (Å²) in [7, 11) is -3.57. The van der Waals surface area contributed by atoms with Crippen LogP contribution < -0.4 is 10.4 Å². The number of benzene rings is 3. The first-order valence-electron chi connectivity index (χ1n) is 9.81. The third kappa shape index (κ3) is 2.88. The lowest BCUT2D eigenvalue weighted by Gasteiger charge is -2.29. The molecule has 0 N–H and O–H groups in total. The molecule has 1 aliphatic heterocycles. The number of hydrogen-bond donors (Lipinski definition) is 0. The quantitative estimate of drug-likeness (QED) is 0.521. The highest BCUT2D eigenvalue weighted by molar-refractivity contribution is 7.17. The molecule has 4 rings (SSSR count). The van der Waals surface area contributed by atoms with E-state index in [1.807, 2.05) is 0 Å². The third-order valence-electron chi connectivity index (χ3n) is 6.21. The van der Waals surface area contributed by atoms with Gasteiger partial charge in [0.25, 0.3) is 0 Å². The van der Waals surface area contributed by atoms with E-state index in [4.69, 9.17) is 0 Å². The van der Waals surface area contributed by atoms with Gasteiger partial charge in [0.15, 0.2) is 0 Å². The van der Waals surface area contributed by atoms with Crippen LogP contribution in [0.2, 0.25) is 26.2 Å². The van der Waals surface area contributed by atoms with Gasteiger partial charge in [0, 0.05) is 0 Å². The van der Waals surface area contributed by atoms with Crippen molar-refractivity contribution in [3.8, 4) is 0 Å². The van der Waals surface area contributed by atoms with E-state index in [0.717, 1.165) is 0 Å². The van der Waals surface area contributed by atoms with Crippen LogP contribution in [0, 0.1) is 6.92 Å². The molecule has 1 heterocycles. The zero-order chi connectivity index (χ0) is 19.2. The Bertz CT molecular complexity index is 1010. The van der Waals surface area contributed by atoms with Crippen molar-refractivity contribution < 1.29 is 0 Å². The summed E-state index contributed by atoms with van der Waals surface area (Å²) in [5.74, 6) is 0. The van der Waals surface area contributed by atoms with Gasteiger partial charge in [-0.1, -0.05) is 116 Å². The Morgan fingerprint density at radius 1 is 0.704 bits per heavy atom. The molecular formula is C25H28Si2. The van der Waals surface area contributed by atoms with Gasteiger partial charge in [-0.2, -0.15) is 0 Å². The molecule has 136 valence electrons. The summed E-state index contributed by atoms with van der Waals surface area (Å²) >= 11 is 0. The topological polar surface area (TPSA) is 0 Å². The Hall–Kier alpha value is -2.17. The van der Waals surface area contributed by atoms with Crippen LogP contribution in [0.5, 0.6) is 0 Å². The second kappa shape index (κ2) is 6.47. The molecule has 0 saturated heterocycles. The van der Waals surface area contributed by atoms with Crippen LogP contribution in [-0.4, -0.2) is 16.1 Å². The molecule has 0 radical (unpaired) electrons. The van der Waals surface area contributed by atoms with Gasteiger partial charge in [-0.15, -0.1) is 0 Å². The molecule has 0 bridgehead atoms. The predicted molar refractivity (Wildman–Crippen MR) is 125 cm³/mol. The first kappa shape index (κ1) is 18.2. The number of aryl methyl sites for hydroxylation is 1. The highest BCUT2D eigenvalue weighted by atomic mass is 28.3. The van der Waals surface area contributed by atoms with Crippen LogP contribution in [0.15, 0.2) is 78.9 Å². The Kier molecular flexibility index (Phi) is 4.36. The van der Waals surface area contributed by atoms with Crippen LogP contribution in [0.3, 0.4) is 0 Å². The normalized spacial score (nSPS) is 15.7. The molecule has 2 heteroatoms. The van der Waals surface area contributed by atoms with Crippen LogP contribution >= 0.6 is 0 Å². The van der Waals surface area contributed by atoms with E-state index >= 15 is 0 Å². The van der Waals surface area contributed by atoms with Gasteiger partial charge in [-0.25, -0.2) is 0 Å². The lowest BCUT2D eigenvalue weighted by atomic mass is 10.1. The molecule has 0 nitrogen and oxygen atoms in total. The number of rotatable bonds is 3. The van der Waals surface area contributed by atoms with Crippen molar-refractivity contribution in [1.29, 1.82) is 0 Å². The van der Waals surface area contributed by atoms with Gasteiger partial charge in [0.1, 0.15) is 16.1 Å². The van der Waals surface area contributed by atoms with Crippen molar-refractivity contribution in [2.45, 2.75) is 33.1 Å². The van der Waals surface area contributed by atoms with E-state index in [0.29, 0.717) is 0 Å². The summed E-state index contributed by atoms with van der Waals surface area (Å²) < 4.78 is 0. The molecule has 3 aromatic carbocycles. The summed E-state index contributed by atoms with van der Waals surface area (Å²) in [6.07, 6.45) is 0. The maximum atomic E-state index is 2.53. The molecular weight excluding hydrogens is 356 g/mol. The Morgan fingerprint density at radius 2 is 1.30 bits per heavy atom. The van der Waals surface area contributed by atoms with Crippen molar-refractivity contribution >= 4 is 36.9 Å². The van der Waals surface area contributed by atoms with Crippen molar-refractivity contribution in [2.24, 2.45) is 0 Å². The van der Waals surface area contributed by atoms with Crippen molar-refractivity contribution in [2.75, 3.05) is 0 Å². The molecule has 0 spiro atoms. The first-order valence-corrected chi connectivity index (χ1v) is 15.8. The van der Waals surface area contributed by atoms with Gasteiger partial charge in [0.05, 0.1) is 0 Å². The fourth-order valence-electron chi connectivity index (χ4n) is 4.70. The SMILES string of the molecule is Cc1ccc(C2=C([Si](C)(C)c3ccccc3)c3ccccc3[Si]2(C)C)cc1.